The van der Waals surface area contributed by atoms with Crippen LogP contribution in [-0.2, 0) is 12.8 Å². The van der Waals surface area contributed by atoms with E-state index >= 15 is 0 Å². The number of nitrogens with one attached hydrogen (secondary N) is 1. The van der Waals surface area contributed by atoms with Gasteiger partial charge in [0.25, 0.3) is 0 Å². The van der Waals surface area contributed by atoms with Gasteiger partial charge in [-0.3, -0.25) is 9.36 Å². The van der Waals surface area contributed by atoms with Crippen molar-refractivity contribution < 1.29 is 0 Å². The number of H-pyrrole nitrogens is 1. The van der Waals surface area contributed by atoms with Gasteiger partial charge in [0, 0.05) is 22.0 Å². The molecule has 0 radical (unpaired) electrons. The normalized spacial score (nSPS) is 13.8. The molecule has 1 N–H and O–H groups in total. The minimum atomic E-state index is -0.000437. The topological polar surface area (TPSA) is 63.6 Å². The Kier molecular flexibility index (Phi) is 2.44. The van der Waals surface area contributed by atoms with E-state index in [0.29, 0.717) is 16.2 Å². The van der Waals surface area contributed by atoms with Crippen LogP contribution in [0, 0.1) is 0 Å². The SMILES string of the molecule is O=c1c2c(n(-c3cccc(Cl)c3)c3n[nH]nc13)CCC2. The maximum Gasteiger partial charge on any atom is 0.214 e. The highest BCUT2D eigenvalue weighted by Gasteiger charge is 2.24. The van der Waals surface area contributed by atoms with Crippen LogP contribution in [0.3, 0.4) is 0 Å². The van der Waals surface area contributed by atoms with E-state index in [-0.39, 0.29) is 5.43 Å². The Hall–Kier alpha value is -2.14. The summed E-state index contributed by atoms with van der Waals surface area (Å²) in [4.78, 5) is 12.4. The van der Waals surface area contributed by atoms with Crippen LogP contribution in [0.4, 0.5) is 0 Å². The fourth-order valence-corrected chi connectivity index (χ4v) is 3.10. The zero-order valence-corrected chi connectivity index (χ0v) is 11.3. The zero-order chi connectivity index (χ0) is 13.7. The van der Waals surface area contributed by atoms with Crippen LogP contribution in [0.1, 0.15) is 17.7 Å². The van der Waals surface area contributed by atoms with Crippen LogP contribution in [0.2, 0.25) is 5.02 Å². The molecule has 0 unspecified atom stereocenters. The molecule has 0 spiro atoms. The third kappa shape index (κ3) is 1.53. The van der Waals surface area contributed by atoms with E-state index in [1.54, 1.807) is 0 Å². The molecule has 0 bridgehead atoms. The summed E-state index contributed by atoms with van der Waals surface area (Å²) in [6.07, 6.45) is 2.67. The second-order valence-electron chi connectivity index (χ2n) is 4.92. The van der Waals surface area contributed by atoms with Gasteiger partial charge >= 0.3 is 0 Å². The van der Waals surface area contributed by atoms with Gasteiger partial charge in [-0.25, -0.2) is 0 Å². The van der Waals surface area contributed by atoms with E-state index < -0.39 is 0 Å². The highest BCUT2D eigenvalue weighted by molar-refractivity contribution is 6.30. The Bertz CT molecular complexity index is 881. The second-order valence-corrected chi connectivity index (χ2v) is 5.36. The molecule has 2 heterocycles. The van der Waals surface area contributed by atoms with Gasteiger partial charge in [0.05, 0.1) is 0 Å². The molecule has 20 heavy (non-hydrogen) atoms. The summed E-state index contributed by atoms with van der Waals surface area (Å²) in [6, 6.07) is 7.55. The fourth-order valence-electron chi connectivity index (χ4n) is 2.92. The Morgan fingerprint density at radius 2 is 2.15 bits per heavy atom. The first kappa shape index (κ1) is 11.7. The van der Waals surface area contributed by atoms with Crippen LogP contribution in [0.15, 0.2) is 29.1 Å². The molecule has 6 heteroatoms. The summed E-state index contributed by atoms with van der Waals surface area (Å²) in [5, 5.41) is 11.4. The minimum absolute atomic E-state index is 0.000437. The number of aromatic nitrogens is 4. The molecule has 100 valence electrons. The Morgan fingerprint density at radius 1 is 1.25 bits per heavy atom. The molecule has 0 saturated heterocycles. The maximum atomic E-state index is 12.4. The van der Waals surface area contributed by atoms with Crippen LogP contribution < -0.4 is 5.43 Å². The number of hydrogen-bond acceptors (Lipinski definition) is 3. The zero-order valence-electron chi connectivity index (χ0n) is 10.6. The van der Waals surface area contributed by atoms with Crippen molar-refractivity contribution in [2.45, 2.75) is 19.3 Å². The van der Waals surface area contributed by atoms with E-state index in [0.717, 1.165) is 36.2 Å². The minimum Gasteiger partial charge on any atom is -0.295 e. The average Bonchev–Trinajstić information content (AvgIpc) is 3.08. The van der Waals surface area contributed by atoms with E-state index in [9.17, 15) is 4.79 Å². The number of hydrogen-bond donors (Lipinski definition) is 1. The van der Waals surface area contributed by atoms with Gasteiger partial charge in [0.1, 0.15) is 0 Å². The van der Waals surface area contributed by atoms with Gasteiger partial charge in [0.2, 0.25) is 5.43 Å². The van der Waals surface area contributed by atoms with Crippen molar-refractivity contribution in [2.75, 3.05) is 0 Å². The molecular formula is C14H11ClN4O. The Labute approximate surface area is 119 Å². The predicted octanol–water partition coefficient (Wildman–Crippen LogP) is 2.25. The Morgan fingerprint density at radius 3 is 3.00 bits per heavy atom. The lowest BCUT2D eigenvalue weighted by atomic mass is 10.2. The lowest BCUT2D eigenvalue weighted by molar-refractivity contribution is 0.867. The van der Waals surface area contributed by atoms with Gasteiger partial charge < -0.3 is 0 Å². The first-order valence-corrected chi connectivity index (χ1v) is 6.86. The molecule has 0 aliphatic heterocycles. The Balaban J connectivity index is 2.16. The number of fused-ring (bicyclic) bond motifs is 2. The molecule has 0 atom stereocenters. The van der Waals surface area contributed by atoms with Gasteiger partial charge in [-0.15, -0.1) is 5.10 Å². The van der Waals surface area contributed by atoms with Crippen LogP contribution in [-0.4, -0.2) is 20.0 Å². The third-order valence-corrected chi connectivity index (χ3v) is 3.99. The number of halogens is 1. The van der Waals surface area contributed by atoms with Gasteiger partial charge in [-0.2, -0.15) is 10.3 Å². The van der Waals surface area contributed by atoms with Crippen molar-refractivity contribution >= 4 is 22.8 Å². The third-order valence-electron chi connectivity index (χ3n) is 3.76. The number of rotatable bonds is 1. The van der Waals surface area contributed by atoms with E-state index in [4.69, 9.17) is 11.6 Å². The summed E-state index contributed by atoms with van der Waals surface area (Å²) in [6.45, 7) is 0. The molecule has 1 aliphatic rings. The maximum absolute atomic E-state index is 12.4. The molecule has 2 aromatic heterocycles. The number of pyridine rings is 1. The van der Waals surface area contributed by atoms with Crippen LogP contribution >= 0.6 is 11.6 Å². The molecular weight excluding hydrogens is 276 g/mol. The lowest BCUT2D eigenvalue weighted by Crippen LogP contribution is -2.16. The lowest BCUT2D eigenvalue weighted by Gasteiger charge is -2.13. The smallest absolute Gasteiger partial charge is 0.214 e. The number of aromatic amines is 1. The summed E-state index contributed by atoms with van der Waals surface area (Å²) in [7, 11) is 0. The summed E-state index contributed by atoms with van der Waals surface area (Å²) in [5.41, 5.74) is 3.75. The molecule has 1 aromatic carbocycles. The van der Waals surface area contributed by atoms with Crippen molar-refractivity contribution in [2.24, 2.45) is 0 Å². The first-order chi connectivity index (χ1) is 9.75. The van der Waals surface area contributed by atoms with E-state index in [1.165, 1.54) is 0 Å². The summed E-state index contributed by atoms with van der Waals surface area (Å²) >= 11 is 6.08. The molecule has 0 saturated carbocycles. The molecule has 0 amide bonds. The fraction of sp³-hybridized carbons (Fsp3) is 0.214. The van der Waals surface area contributed by atoms with E-state index in [2.05, 4.69) is 15.4 Å². The molecule has 1 aliphatic carbocycles. The summed E-state index contributed by atoms with van der Waals surface area (Å²) < 4.78 is 1.99. The highest BCUT2D eigenvalue weighted by Crippen LogP contribution is 2.26. The molecule has 3 aromatic rings. The molecule has 0 fully saturated rings. The van der Waals surface area contributed by atoms with Crippen molar-refractivity contribution in [3.63, 3.8) is 0 Å². The van der Waals surface area contributed by atoms with Gasteiger partial charge in [-0.1, -0.05) is 17.7 Å². The molecule has 5 nitrogen and oxygen atoms in total. The molecule has 4 rings (SSSR count). The summed E-state index contributed by atoms with van der Waals surface area (Å²) in [5.74, 6) is 0. The largest absolute Gasteiger partial charge is 0.295 e. The van der Waals surface area contributed by atoms with Crippen LogP contribution in [0.5, 0.6) is 0 Å². The van der Waals surface area contributed by atoms with Gasteiger partial charge in [-0.05, 0) is 37.5 Å². The van der Waals surface area contributed by atoms with E-state index in [1.807, 2.05) is 28.8 Å². The van der Waals surface area contributed by atoms with Crippen molar-refractivity contribution in [1.82, 2.24) is 20.0 Å². The second kappa shape index (κ2) is 4.18. The standard InChI is InChI=1S/C14H11ClN4O/c15-8-3-1-4-9(7-8)19-11-6-2-5-10(11)13(20)12-14(19)17-18-16-12/h1,3-4,7H,2,5-6H2,(H,16,17,18). The quantitative estimate of drug-likeness (QED) is 0.746. The monoisotopic (exact) mass is 286 g/mol. The predicted molar refractivity (Wildman–Crippen MR) is 76.5 cm³/mol. The number of nitrogens with zero attached hydrogens (tertiary/aromatic N) is 3. The van der Waals surface area contributed by atoms with Crippen molar-refractivity contribution in [3.05, 3.63) is 50.8 Å². The van der Waals surface area contributed by atoms with Gasteiger partial charge in [0.15, 0.2) is 11.2 Å². The average molecular weight is 287 g/mol. The first-order valence-electron chi connectivity index (χ1n) is 6.49. The van der Waals surface area contributed by atoms with Crippen LogP contribution in [0.25, 0.3) is 16.9 Å². The highest BCUT2D eigenvalue weighted by atomic mass is 35.5. The van der Waals surface area contributed by atoms with Crippen molar-refractivity contribution in [3.8, 4) is 5.69 Å². The number of benzene rings is 1. The van der Waals surface area contributed by atoms with Crippen molar-refractivity contribution in [1.29, 1.82) is 0 Å².